The molecule has 0 fully saturated rings. The first kappa shape index (κ1) is 8.85. The summed E-state index contributed by atoms with van der Waals surface area (Å²) in [5, 5.41) is 8.68. The van der Waals surface area contributed by atoms with Gasteiger partial charge in [-0.1, -0.05) is 44.2 Å². The van der Waals surface area contributed by atoms with E-state index in [0.717, 1.165) is 6.26 Å². The molecule has 64 valence electrons. The maximum Gasteiger partial charge on any atom is 0.0760 e. The summed E-state index contributed by atoms with van der Waals surface area (Å²) in [6, 6.07) is 10.1. The van der Waals surface area contributed by atoms with Gasteiger partial charge in [-0.2, -0.15) is 0 Å². The van der Waals surface area contributed by atoms with Crippen molar-refractivity contribution in [1.29, 1.82) is 0 Å². The lowest BCUT2D eigenvalue weighted by molar-refractivity contribution is 0.462. The monoisotopic (exact) mass is 162 g/mol. The van der Waals surface area contributed by atoms with Gasteiger partial charge < -0.3 is 5.11 Å². The largest absolute Gasteiger partial charge is 0.516 e. The van der Waals surface area contributed by atoms with Crippen molar-refractivity contribution in [3.63, 3.8) is 0 Å². The van der Waals surface area contributed by atoms with Gasteiger partial charge in [0.2, 0.25) is 0 Å². The van der Waals surface area contributed by atoms with Gasteiger partial charge in [-0.3, -0.25) is 0 Å². The molecular weight excluding hydrogens is 148 g/mol. The molecule has 0 radical (unpaired) electrons. The van der Waals surface area contributed by atoms with E-state index in [2.05, 4.69) is 26.0 Å². The van der Waals surface area contributed by atoms with Crippen molar-refractivity contribution in [2.45, 2.75) is 19.3 Å². The Balaban J connectivity index is 2.97. The average molecular weight is 162 g/mol. The van der Waals surface area contributed by atoms with Gasteiger partial charge in [0.15, 0.2) is 0 Å². The highest BCUT2D eigenvalue weighted by molar-refractivity contribution is 5.27. The average Bonchev–Trinajstić information content (AvgIpc) is 2.06. The van der Waals surface area contributed by atoms with Gasteiger partial charge in [-0.25, -0.2) is 0 Å². The minimum atomic E-state index is -0.0873. The van der Waals surface area contributed by atoms with Crippen LogP contribution in [0.15, 0.2) is 42.7 Å². The molecule has 0 aliphatic carbocycles. The Labute approximate surface area is 73.4 Å². The van der Waals surface area contributed by atoms with Crippen molar-refractivity contribution in [3.8, 4) is 0 Å². The molecule has 12 heavy (non-hydrogen) atoms. The fourth-order valence-corrected chi connectivity index (χ4v) is 1.15. The van der Waals surface area contributed by atoms with E-state index in [4.69, 9.17) is 5.11 Å². The van der Waals surface area contributed by atoms with Crippen molar-refractivity contribution in [2.24, 2.45) is 0 Å². The number of hydrogen-bond acceptors (Lipinski definition) is 1. The molecule has 1 heteroatoms. The van der Waals surface area contributed by atoms with E-state index in [-0.39, 0.29) is 5.41 Å². The van der Waals surface area contributed by atoms with E-state index in [0.29, 0.717) is 0 Å². The van der Waals surface area contributed by atoms with E-state index in [9.17, 15) is 0 Å². The van der Waals surface area contributed by atoms with Crippen LogP contribution in [0.1, 0.15) is 19.4 Å². The number of hydrogen-bond donors (Lipinski definition) is 1. The van der Waals surface area contributed by atoms with E-state index < -0.39 is 0 Å². The maximum absolute atomic E-state index is 8.68. The molecule has 0 amide bonds. The molecule has 1 aromatic carbocycles. The van der Waals surface area contributed by atoms with Crippen molar-refractivity contribution in [1.82, 2.24) is 0 Å². The molecule has 0 bridgehead atoms. The molecule has 0 unspecified atom stereocenters. The smallest absolute Gasteiger partial charge is 0.0760 e. The third kappa shape index (κ3) is 1.88. The number of allylic oxidation sites excluding steroid dienone is 1. The number of benzene rings is 1. The minimum absolute atomic E-state index is 0.0873. The summed E-state index contributed by atoms with van der Waals surface area (Å²) in [7, 11) is 0. The zero-order valence-electron chi connectivity index (χ0n) is 7.49. The summed E-state index contributed by atoms with van der Waals surface area (Å²) in [6.45, 7) is 4.13. The predicted molar refractivity (Wildman–Crippen MR) is 51.2 cm³/mol. The third-order valence-electron chi connectivity index (χ3n) is 2.01. The topological polar surface area (TPSA) is 20.2 Å². The van der Waals surface area contributed by atoms with Crippen molar-refractivity contribution < 1.29 is 5.11 Å². The Morgan fingerprint density at radius 2 is 1.75 bits per heavy atom. The van der Waals surface area contributed by atoms with Gasteiger partial charge in [-0.05, 0) is 11.6 Å². The summed E-state index contributed by atoms with van der Waals surface area (Å²) in [5.41, 5.74) is 1.12. The zero-order valence-corrected chi connectivity index (χ0v) is 7.49. The molecule has 0 saturated carbocycles. The molecule has 0 aromatic heterocycles. The van der Waals surface area contributed by atoms with Gasteiger partial charge in [0, 0.05) is 5.41 Å². The fourth-order valence-electron chi connectivity index (χ4n) is 1.15. The molecular formula is C11H14O. The van der Waals surface area contributed by atoms with Crippen LogP contribution in [-0.2, 0) is 5.41 Å². The number of aliphatic hydroxyl groups is 1. The van der Waals surface area contributed by atoms with E-state index in [1.807, 2.05) is 18.2 Å². The molecule has 1 nitrogen and oxygen atoms in total. The van der Waals surface area contributed by atoms with Crippen molar-refractivity contribution >= 4 is 0 Å². The lowest BCUT2D eigenvalue weighted by Crippen LogP contribution is -2.12. The van der Waals surface area contributed by atoms with Crippen LogP contribution in [0.3, 0.4) is 0 Å². The fraction of sp³-hybridized carbons (Fsp3) is 0.273. The lowest BCUT2D eigenvalue weighted by Gasteiger charge is -2.19. The van der Waals surface area contributed by atoms with E-state index >= 15 is 0 Å². The molecule has 1 N–H and O–H groups in total. The number of rotatable bonds is 2. The van der Waals surface area contributed by atoms with Gasteiger partial charge in [0.1, 0.15) is 0 Å². The molecule has 1 aromatic rings. The first-order chi connectivity index (χ1) is 5.67. The summed E-state index contributed by atoms with van der Waals surface area (Å²) in [5.74, 6) is 0. The summed E-state index contributed by atoms with van der Waals surface area (Å²) < 4.78 is 0. The van der Waals surface area contributed by atoms with Crippen LogP contribution in [-0.4, -0.2) is 5.11 Å². The zero-order chi connectivity index (χ0) is 9.03. The van der Waals surface area contributed by atoms with Crippen LogP contribution in [0.25, 0.3) is 0 Å². The highest BCUT2D eigenvalue weighted by Crippen LogP contribution is 2.23. The maximum atomic E-state index is 8.68. The molecule has 0 atom stereocenters. The quantitative estimate of drug-likeness (QED) is 0.663. The van der Waals surface area contributed by atoms with Crippen LogP contribution >= 0.6 is 0 Å². The molecule has 0 heterocycles. The predicted octanol–water partition coefficient (Wildman–Crippen LogP) is 3.04. The summed E-state index contributed by atoms with van der Waals surface area (Å²) in [6.07, 6.45) is 2.88. The molecule has 1 rings (SSSR count). The normalized spacial score (nSPS) is 12.2. The van der Waals surface area contributed by atoms with E-state index in [1.165, 1.54) is 5.56 Å². The van der Waals surface area contributed by atoms with Crippen molar-refractivity contribution in [3.05, 3.63) is 48.2 Å². The first-order valence-corrected chi connectivity index (χ1v) is 4.04. The second-order valence-electron chi connectivity index (χ2n) is 3.40. The first-order valence-electron chi connectivity index (χ1n) is 4.04. The van der Waals surface area contributed by atoms with Crippen LogP contribution in [0.5, 0.6) is 0 Å². The SMILES string of the molecule is CC(C)(/C=C\O)c1ccccc1. The number of aliphatic hydroxyl groups excluding tert-OH is 1. The molecule has 0 spiro atoms. The Hall–Kier alpha value is -1.24. The summed E-state index contributed by atoms with van der Waals surface area (Å²) in [4.78, 5) is 0. The molecule has 0 saturated heterocycles. The van der Waals surface area contributed by atoms with E-state index in [1.54, 1.807) is 6.08 Å². The standard InChI is InChI=1S/C11H14O/c1-11(2,8-9-12)10-6-4-3-5-7-10/h3-9,12H,1-2H3/b9-8-. The van der Waals surface area contributed by atoms with Crippen LogP contribution in [0.2, 0.25) is 0 Å². The third-order valence-corrected chi connectivity index (χ3v) is 2.01. The van der Waals surface area contributed by atoms with Gasteiger partial charge in [0.25, 0.3) is 0 Å². The Bertz CT molecular complexity index is 260. The minimum Gasteiger partial charge on any atom is -0.516 e. The van der Waals surface area contributed by atoms with Gasteiger partial charge in [-0.15, -0.1) is 0 Å². The Morgan fingerprint density at radius 3 is 2.25 bits per heavy atom. The van der Waals surface area contributed by atoms with Gasteiger partial charge >= 0.3 is 0 Å². The summed E-state index contributed by atoms with van der Waals surface area (Å²) >= 11 is 0. The Morgan fingerprint density at radius 1 is 1.17 bits per heavy atom. The van der Waals surface area contributed by atoms with Gasteiger partial charge in [0.05, 0.1) is 6.26 Å². The van der Waals surface area contributed by atoms with Crippen LogP contribution in [0, 0.1) is 0 Å². The second kappa shape index (κ2) is 3.44. The second-order valence-corrected chi connectivity index (χ2v) is 3.40. The highest BCUT2D eigenvalue weighted by atomic mass is 16.2. The van der Waals surface area contributed by atoms with Crippen molar-refractivity contribution in [2.75, 3.05) is 0 Å². The Kier molecular flexibility index (Phi) is 2.54. The lowest BCUT2D eigenvalue weighted by atomic mass is 9.85. The molecule has 0 aliphatic rings. The van der Waals surface area contributed by atoms with Crippen LogP contribution in [0.4, 0.5) is 0 Å². The van der Waals surface area contributed by atoms with Crippen LogP contribution < -0.4 is 0 Å². The molecule has 0 aliphatic heterocycles. The highest BCUT2D eigenvalue weighted by Gasteiger charge is 2.15.